The number of esters is 5. The molecule has 11 atom stereocenters. The van der Waals surface area contributed by atoms with E-state index in [1.165, 1.54) is 52.0 Å². The van der Waals surface area contributed by atoms with Crippen LogP contribution in [0.25, 0.3) is 0 Å². The Morgan fingerprint density at radius 1 is 0.814 bits per heavy atom. The van der Waals surface area contributed by atoms with Crippen LogP contribution in [0.4, 0.5) is 0 Å². The molecule has 4 aliphatic rings. The molecule has 1 aliphatic heterocycles. The Bertz CT molecular complexity index is 2560. The van der Waals surface area contributed by atoms with Gasteiger partial charge in [0.2, 0.25) is 6.10 Å². The van der Waals surface area contributed by atoms with E-state index in [9.17, 15) is 44.1 Å². The lowest BCUT2D eigenvalue weighted by Gasteiger charge is -2.67. The standard InChI is InChI=1S/C52H57NO17/c1-28-34(67-48(63)42(68-38(59)24-16-23-37(57)58)40(31-17-10-7-11-18-31)53-46(61)32-19-12-8-13-20-32)26-52(64)45(69-47(62)33-21-14-9-15-22-33)43-50(6,35(56)25-36-51(43,27-65-36)70-30(3)55)44(60)41(66-29(2)54)39(28)49(52,4)5/h7-15,17-22,34-36,40-43,45,56,64H,16,23-27H2,1-6H3,(H,53,61)(H,57,58)/t34-,35-,36+,40+,41+,42+,43-,45-,50+,51-,52+/m0/s1. The molecule has 3 aromatic rings. The number of hydrogen-bond donors (Lipinski definition) is 4. The minimum absolute atomic E-state index is 0.0272. The summed E-state index contributed by atoms with van der Waals surface area (Å²) in [5.74, 6) is -9.41. The first-order chi connectivity index (χ1) is 33.1. The van der Waals surface area contributed by atoms with Gasteiger partial charge in [-0.15, -0.1) is 0 Å². The van der Waals surface area contributed by atoms with Crippen molar-refractivity contribution in [3.8, 4) is 0 Å². The van der Waals surface area contributed by atoms with Crippen molar-refractivity contribution in [2.45, 2.75) is 128 Å². The molecule has 372 valence electrons. The van der Waals surface area contributed by atoms with Gasteiger partial charge in [0.15, 0.2) is 17.5 Å². The van der Waals surface area contributed by atoms with Gasteiger partial charge in [0, 0.05) is 50.5 Å². The smallest absolute Gasteiger partial charge is 0.350 e. The van der Waals surface area contributed by atoms with E-state index >= 15 is 9.59 Å². The number of ketones is 1. The van der Waals surface area contributed by atoms with Crippen molar-refractivity contribution in [2.24, 2.45) is 16.7 Å². The van der Waals surface area contributed by atoms with Gasteiger partial charge < -0.3 is 49.1 Å². The minimum atomic E-state index is -2.49. The molecule has 0 unspecified atom stereocenters. The predicted molar refractivity (Wildman–Crippen MR) is 243 cm³/mol. The molecule has 0 spiro atoms. The molecule has 0 aromatic heterocycles. The fourth-order valence-corrected chi connectivity index (χ4v) is 10.9. The number of ether oxygens (including phenoxy) is 6. The molecule has 18 heteroatoms. The van der Waals surface area contributed by atoms with Gasteiger partial charge in [-0.25, -0.2) is 9.59 Å². The molecule has 70 heavy (non-hydrogen) atoms. The fraction of sp³-hybridized carbons (Fsp3) is 0.462. The van der Waals surface area contributed by atoms with Crippen LogP contribution in [-0.4, -0.2) is 117 Å². The van der Waals surface area contributed by atoms with Gasteiger partial charge in [-0.2, -0.15) is 0 Å². The Kier molecular flexibility index (Phi) is 14.5. The normalized spacial score (nSPS) is 29.4. The second-order valence-electron chi connectivity index (χ2n) is 19.1. The summed E-state index contributed by atoms with van der Waals surface area (Å²) in [7, 11) is 0. The number of aliphatic hydroxyl groups is 2. The van der Waals surface area contributed by atoms with E-state index in [0.717, 1.165) is 13.8 Å². The van der Waals surface area contributed by atoms with E-state index in [1.807, 2.05) is 0 Å². The Labute approximate surface area is 403 Å². The third kappa shape index (κ3) is 9.34. The molecular weight excluding hydrogens is 911 g/mol. The Hall–Kier alpha value is -6.76. The van der Waals surface area contributed by atoms with Crippen LogP contribution in [-0.2, 0) is 57.2 Å². The molecule has 2 bridgehead atoms. The van der Waals surface area contributed by atoms with E-state index < -0.39 is 137 Å². The molecule has 7 rings (SSSR count). The SMILES string of the molecule is CC(=O)O[C@H]1C(=O)[C@@]2(C)[C@H]([C@H](OC(=O)c3ccccc3)[C@]3(O)C[C@H](OC(=O)[C@H](OC(=O)CCCC(=O)O)[C@H](NC(=O)c4ccccc4)c4ccccc4)C(C)=C1C3(C)C)[C@]1(OC(C)=O)CO[C@@H]1C[C@@H]2O. The number of hydrogen-bond acceptors (Lipinski definition) is 16. The quantitative estimate of drug-likeness (QED) is 0.0925. The molecule has 1 saturated heterocycles. The molecule has 3 aliphatic carbocycles. The summed E-state index contributed by atoms with van der Waals surface area (Å²) in [6.45, 7) is 7.73. The van der Waals surface area contributed by atoms with Crippen molar-refractivity contribution in [1.82, 2.24) is 5.32 Å². The van der Waals surface area contributed by atoms with Crippen LogP contribution >= 0.6 is 0 Å². The minimum Gasteiger partial charge on any atom is -0.481 e. The van der Waals surface area contributed by atoms with E-state index in [-0.39, 0.29) is 47.3 Å². The lowest BCUT2D eigenvalue weighted by atomic mass is 9.44. The third-order valence-corrected chi connectivity index (χ3v) is 14.5. The molecule has 4 N–H and O–H groups in total. The molecule has 1 amide bonds. The third-order valence-electron chi connectivity index (χ3n) is 14.5. The van der Waals surface area contributed by atoms with Crippen LogP contribution in [0.3, 0.4) is 0 Å². The van der Waals surface area contributed by atoms with Crippen molar-refractivity contribution in [1.29, 1.82) is 0 Å². The molecule has 18 nitrogen and oxygen atoms in total. The Morgan fingerprint density at radius 3 is 1.97 bits per heavy atom. The maximum Gasteiger partial charge on any atom is 0.350 e. The van der Waals surface area contributed by atoms with Crippen LogP contribution in [0.15, 0.2) is 102 Å². The summed E-state index contributed by atoms with van der Waals surface area (Å²) in [5, 5.41) is 38.1. The highest BCUT2D eigenvalue weighted by molar-refractivity contribution is 5.96. The number of benzene rings is 3. The first kappa shape index (κ1) is 51.1. The summed E-state index contributed by atoms with van der Waals surface area (Å²) < 4.78 is 36.5. The zero-order valence-corrected chi connectivity index (χ0v) is 39.6. The molecule has 0 radical (unpaired) electrons. The number of aliphatic carboxylic acids is 1. The van der Waals surface area contributed by atoms with Crippen molar-refractivity contribution >= 4 is 47.5 Å². The monoisotopic (exact) mass is 967 g/mol. The van der Waals surface area contributed by atoms with E-state index in [4.69, 9.17) is 28.4 Å². The second-order valence-corrected chi connectivity index (χ2v) is 19.1. The zero-order valence-electron chi connectivity index (χ0n) is 39.6. The van der Waals surface area contributed by atoms with E-state index in [0.29, 0.717) is 0 Å². The summed E-state index contributed by atoms with van der Waals surface area (Å²) >= 11 is 0. The summed E-state index contributed by atoms with van der Waals surface area (Å²) in [5.41, 5.74) is -7.67. The van der Waals surface area contributed by atoms with Crippen molar-refractivity contribution < 1.29 is 82.1 Å². The number of carboxylic acids is 1. The van der Waals surface area contributed by atoms with Crippen LogP contribution in [0.5, 0.6) is 0 Å². The molecule has 3 fully saturated rings. The highest BCUT2D eigenvalue weighted by Crippen LogP contribution is 2.64. The molecular formula is C52H57NO17. The lowest BCUT2D eigenvalue weighted by molar-refractivity contribution is -0.346. The first-order valence-electron chi connectivity index (χ1n) is 23.0. The summed E-state index contributed by atoms with van der Waals surface area (Å²) in [6.07, 6.45) is -12.0. The van der Waals surface area contributed by atoms with Gasteiger partial charge in [0.25, 0.3) is 5.91 Å². The van der Waals surface area contributed by atoms with Gasteiger partial charge in [-0.1, -0.05) is 80.6 Å². The number of nitrogens with one attached hydrogen (secondary N) is 1. The fourth-order valence-electron chi connectivity index (χ4n) is 10.9. The van der Waals surface area contributed by atoms with Crippen LogP contribution in [0.1, 0.15) is 106 Å². The number of amides is 1. The number of carbonyl (C=O) groups is 8. The number of aliphatic hydroxyl groups excluding tert-OH is 1. The Morgan fingerprint density at radius 2 is 1.41 bits per heavy atom. The first-order valence-corrected chi connectivity index (χ1v) is 23.0. The number of Topliss-reactive ketones (excluding diaryl/α,β-unsaturated/α-hetero) is 1. The van der Waals surface area contributed by atoms with Gasteiger partial charge in [-0.05, 0) is 61.2 Å². The number of carboxylic acid groups (broad SMARTS) is 1. The van der Waals surface area contributed by atoms with Gasteiger partial charge in [-0.3, -0.25) is 28.8 Å². The van der Waals surface area contributed by atoms with Crippen molar-refractivity contribution in [3.05, 3.63) is 119 Å². The second kappa shape index (κ2) is 19.9. The topological polar surface area (TPSA) is 265 Å². The van der Waals surface area contributed by atoms with Crippen LogP contribution < -0.4 is 5.32 Å². The Balaban J connectivity index is 1.41. The summed E-state index contributed by atoms with van der Waals surface area (Å²) in [6, 6.07) is 22.3. The number of fused-ring (bicyclic) bond motifs is 5. The van der Waals surface area contributed by atoms with Gasteiger partial charge >= 0.3 is 35.8 Å². The van der Waals surface area contributed by atoms with Crippen molar-refractivity contribution in [3.63, 3.8) is 0 Å². The zero-order chi connectivity index (χ0) is 50.9. The average molecular weight is 968 g/mol. The van der Waals surface area contributed by atoms with Gasteiger partial charge in [0.05, 0.1) is 29.6 Å². The van der Waals surface area contributed by atoms with Gasteiger partial charge in [0.1, 0.15) is 30.0 Å². The predicted octanol–water partition coefficient (Wildman–Crippen LogP) is 4.54. The highest BCUT2D eigenvalue weighted by Gasteiger charge is 2.78. The summed E-state index contributed by atoms with van der Waals surface area (Å²) in [4.78, 5) is 110. The molecule has 1 heterocycles. The maximum absolute atomic E-state index is 15.7. The number of carbonyl (C=O) groups excluding carboxylic acids is 7. The lowest BCUT2D eigenvalue weighted by Crippen LogP contribution is -2.82. The number of rotatable bonds is 15. The molecule has 3 aromatic carbocycles. The van der Waals surface area contributed by atoms with Crippen LogP contribution in [0.2, 0.25) is 0 Å². The highest BCUT2D eigenvalue weighted by atomic mass is 16.6. The van der Waals surface area contributed by atoms with Crippen LogP contribution in [0, 0.1) is 16.7 Å². The van der Waals surface area contributed by atoms with E-state index in [1.54, 1.807) is 66.7 Å². The maximum atomic E-state index is 15.7. The van der Waals surface area contributed by atoms with Crippen molar-refractivity contribution in [2.75, 3.05) is 6.61 Å². The molecule has 2 saturated carbocycles. The average Bonchev–Trinajstić information content (AvgIpc) is 3.31. The largest absolute Gasteiger partial charge is 0.481 e. The van der Waals surface area contributed by atoms with E-state index in [2.05, 4.69) is 5.32 Å².